The van der Waals surface area contributed by atoms with E-state index in [4.69, 9.17) is 4.74 Å². The van der Waals surface area contributed by atoms with Crippen molar-refractivity contribution >= 4 is 11.9 Å². The molecular weight excluding hydrogens is 342 g/mol. The van der Waals surface area contributed by atoms with Gasteiger partial charge in [-0.2, -0.15) is 14.9 Å². The summed E-state index contributed by atoms with van der Waals surface area (Å²) in [6.07, 6.45) is 1.98. The van der Waals surface area contributed by atoms with E-state index in [9.17, 15) is 9.59 Å². The van der Waals surface area contributed by atoms with Crippen molar-refractivity contribution in [3.05, 3.63) is 35.0 Å². The number of ether oxygens (including phenoxy) is 1. The van der Waals surface area contributed by atoms with Gasteiger partial charge in [0.25, 0.3) is 5.91 Å². The predicted molar refractivity (Wildman–Crippen MR) is 84.3 cm³/mol. The number of esters is 1. The van der Waals surface area contributed by atoms with Crippen molar-refractivity contribution in [1.82, 2.24) is 45.1 Å². The van der Waals surface area contributed by atoms with Gasteiger partial charge in [-0.1, -0.05) is 0 Å². The molecule has 0 unspecified atom stereocenters. The van der Waals surface area contributed by atoms with Crippen LogP contribution in [0.15, 0.2) is 12.4 Å². The smallest absolute Gasteiger partial charge is 0.358 e. The molecule has 0 radical (unpaired) electrons. The summed E-state index contributed by atoms with van der Waals surface area (Å²) < 4.78 is 7.79. The van der Waals surface area contributed by atoms with Crippen LogP contribution in [0.4, 0.5) is 0 Å². The number of aryl methyl sites for hydroxylation is 1. The molecule has 0 saturated carbocycles. The molecule has 12 heteroatoms. The number of tetrazole rings is 1. The molecule has 0 aromatic carbocycles. The molecule has 1 amide bonds. The fraction of sp³-hybridized carbons (Fsp3) is 0.357. The number of carbonyl (C=O) groups excluding carboxylic acids is 2. The number of fused-ring (bicyclic) bond motifs is 1. The second-order valence-electron chi connectivity index (χ2n) is 5.76. The molecule has 134 valence electrons. The lowest BCUT2D eigenvalue weighted by atomic mass is 10.0. The molecule has 4 heterocycles. The minimum Gasteiger partial charge on any atom is -0.464 e. The third-order valence-electron chi connectivity index (χ3n) is 4.29. The average Bonchev–Trinajstić information content (AvgIpc) is 3.40. The predicted octanol–water partition coefficient (Wildman–Crippen LogP) is -0.896. The fourth-order valence-electron chi connectivity index (χ4n) is 3.00. The van der Waals surface area contributed by atoms with Crippen LogP contribution < -0.4 is 0 Å². The van der Waals surface area contributed by atoms with E-state index in [-0.39, 0.29) is 18.1 Å². The minimum absolute atomic E-state index is 0.234. The zero-order chi connectivity index (χ0) is 18.3. The summed E-state index contributed by atoms with van der Waals surface area (Å²) in [5, 5.41) is 21.8. The molecule has 0 aliphatic carbocycles. The second kappa shape index (κ2) is 6.06. The molecule has 26 heavy (non-hydrogen) atoms. The number of hydrogen-bond acceptors (Lipinski definition) is 8. The number of hydrogen-bond donors (Lipinski definition) is 1. The summed E-state index contributed by atoms with van der Waals surface area (Å²) in [7, 11) is 3.08. The zero-order valence-corrected chi connectivity index (χ0v) is 14.1. The van der Waals surface area contributed by atoms with Crippen molar-refractivity contribution in [2.24, 2.45) is 7.05 Å². The van der Waals surface area contributed by atoms with E-state index in [0.29, 0.717) is 30.0 Å². The highest BCUT2D eigenvalue weighted by atomic mass is 16.5. The molecular formula is C14H15N9O3. The number of nitrogens with zero attached hydrogens (tertiary/aromatic N) is 8. The summed E-state index contributed by atoms with van der Waals surface area (Å²) in [5.74, 6) is -0.339. The Morgan fingerprint density at radius 1 is 1.35 bits per heavy atom. The Labute approximate surface area is 146 Å². The van der Waals surface area contributed by atoms with Gasteiger partial charge in [0.2, 0.25) is 0 Å². The van der Waals surface area contributed by atoms with E-state index < -0.39 is 5.97 Å². The number of nitrogens with one attached hydrogen (secondary N) is 1. The van der Waals surface area contributed by atoms with Crippen molar-refractivity contribution in [2.75, 3.05) is 13.7 Å². The molecule has 1 N–H and O–H groups in total. The maximum Gasteiger partial charge on any atom is 0.358 e. The van der Waals surface area contributed by atoms with E-state index >= 15 is 0 Å². The van der Waals surface area contributed by atoms with Crippen molar-refractivity contribution in [3.8, 4) is 5.82 Å². The summed E-state index contributed by atoms with van der Waals surface area (Å²) in [6, 6.07) is 1.57. The van der Waals surface area contributed by atoms with Crippen LogP contribution in [0.25, 0.3) is 5.82 Å². The normalized spacial score (nSPS) is 13.5. The third kappa shape index (κ3) is 2.51. The molecule has 0 fully saturated rings. The molecule has 3 aromatic heterocycles. The van der Waals surface area contributed by atoms with Gasteiger partial charge in [-0.3, -0.25) is 14.6 Å². The lowest BCUT2D eigenvalue weighted by Gasteiger charge is -2.27. The van der Waals surface area contributed by atoms with Gasteiger partial charge in [0.05, 0.1) is 13.7 Å². The molecule has 0 atom stereocenters. The van der Waals surface area contributed by atoms with E-state index in [0.717, 1.165) is 5.69 Å². The van der Waals surface area contributed by atoms with Crippen molar-refractivity contribution < 1.29 is 14.3 Å². The van der Waals surface area contributed by atoms with Gasteiger partial charge in [-0.15, -0.1) is 5.10 Å². The Kier molecular flexibility index (Phi) is 3.71. The highest BCUT2D eigenvalue weighted by Crippen LogP contribution is 2.24. The van der Waals surface area contributed by atoms with E-state index in [1.807, 2.05) is 0 Å². The van der Waals surface area contributed by atoms with E-state index in [1.165, 1.54) is 18.1 Å². The van der Waals surface area contributed by atoms with Crippen LogP contribution in [0, 0.1) is 0 Å². The summed E-state index contributed by atoms with van der Waals surface area (Å²) in [4.78, 5) is 26.4. The highest BCUT2D eigenvalue weighted by molar-refractivity contribution is 5.93. The largest absolute Gasteiger partial charge is 0.464 e. The maximum atomic E-state index is 12.8. The van der Waals surface area contributed by atoms with Crippen LogP contribution in [0.5, 0.6) is 0 Å². The number of aromatic nitrogens is 8. The number of rotatable bonds is 3. The van der Waals surface area contributed by atoms with Crippen LogP contribution in [0.1, 0.15) is 32.2 Å². The molecule has 1 aliphatic heterocycles. The molecule has 0 spiro atoms. The molecule has 4 rings (SSSR count). The first kappa shape index (κ1) is 15.9. The van der Waals surface area contributed by atoms with Gasteiger partial charge in [-0.05, 0) is 10.4 Å². The Morgan fingerprint density at radius 2 is 2.19 bits per heavy atom. The SMILES string of the molecule is COC(=O)c1nn(C)c2c1CN(C(=O)c1cc(-n3cnnn3)n[nH]1)CC2. The lowest BCUT2D eigenvalue weighted by molar-refractivity contribution is 0.0586. The molecule has 0 saturated heterocycles. The number of H-pyrrole nitrogens is 1. The molecule has 1 aliphatic rings. The van der Waals surface area contributed by atoms with Crippen molar-refractivity contribution in [3.63, 3.8) is 0 Å². The van der Waals surface area contributed by atoms with Gasteiger partial charge in [0.15, 0.2) is 11.5 Å². The van der Waals surface area contributed by atoms with Crippen molar-refractivity contribution in [2.45, 2.75) is 13.0 Å². The molecule has 0 bridgehead atoms. The van der Waals surface area contributed by atoms with Gasteiger partial charge in [0, 0.05) is 37.3 Å². The van der Waals surface area contributed by atoms with Gasteiger partial charge < -0.3 is 9.64 Å². The quantitative estimate of drug-likeness (QED) is 0.596. The van der Waals surface area contributed by atoms with Crippen LogP contribution in [-0.4, -0.2) is 70.6 Å². The molecule has 3 aromatic rings. The van der Waals surface area contributed by atoms with Gasteiger partial charge in [-0.25, -0.2) is 4.79 Å². The first-order valence-electron chi connectivity index (χ1n) is 7.79. The summed E-state index contributed by atoms with van der Waals surface area (Å²) >= 11 is 0. The zero-order valence-electron chi connectivity index (χ0n) is 14.1. The van der Waals surface area contributed by atoms with Crippen LogP contribution in [-0.2, 0) is 24.8 Å². The van der Waals surface area contributed by atoms with Crippen LogP contribution in [0.3, 0.4) is 0 Å². The Hall–Kier alpha value is -3.57. The number of carbonyl (C=O) groups is 2. The summed E-state index contributed by atoms with van der Waals surface area (Å²) in [5.41, 5.74) is 2.18. The third-order valence-corrected chi connectivity index (χ3v) is 4.29. The fourth-order valence-corrected chi connectivity index (χ4v) is 3.00. The Bertz CT molecular complexity index is 972. The lowest BCUT2D eigenvalue weighted by Crippen LogP contribution is -2.36. The average molecular weight is 357 g/mol. The van der Waals surface area contributed by atoms with E-state index in [2.05, 4.69) is 30.8 Å². The minimum atomic E-state index is -0.515. The van der Waals surface area contributed by atoms with Crippen LogP contribution in [0.2, 0.25) is 0 Å². The second-order valence-corrected chi connectivity index (χ2v) is 5.76. The van der Waals surface area contributed by atoms with E-state index in [1.54, 1.807) is 22.7 Å². The number of amides is 1. The highest BCUT2D eigenvalue weighted by Gasteiger charge is 2.30. The first-order chi connectivity index (χ1) is 12.6. The standard InChI is InChI=1S/C14H15N9O3/c1-21-10-3-4-22(6-8(10)12(18-21)14(25)26-2)13(24)9-5-11(17-16-9)23-7-15-19-20-23/h5,7H,3-4,6H2,1-2H3,(H,16,17). The first-order valence-corrected chi connectivity index (χ1v) is 7.79. The summed E-state index contributed by atoms with van der Waals surface area (Å²) in [6.45, 7) is 0.775. The van der Waals surface area contributed by atoms with Crippen LogP contribution >= 0.6 is 0 Å². The van der Waals surface area contributed by atoms with Crippen molar-refractivity contribution in [1.29, 1.82) is 0 Å². The Balaban J connectivity index is 1.59. The monoisotopic (exact) mass is 357 g/mol. The van der Waals surface area contributed by atoms with Gasteiger partial charge in [0.1, 0.15) is 12.0 Å². The topological polar surface area (TPSA) is 137 Å². The number of methoxy groups -OCH3 is 1. The Morgan fingerprint density at radius 3 is 2.92 bits per heavy atom. The maximum absolute atomic E-state index is 12.8. The molecule has 12 nitrogen and oxygen atoms in total. The number of aromatic amines is 1. The van der Waals surface area contributed by atoms with Gasteiger partial charge >= 0.3 is 5.97 Å².